The Morgan fingerprint density at radius 1 is 1.54 bits per heavy atom. The van der Waals surface area contributed by atoms with Crippen LogP contribution < -0.4 is 5.48 Å². The number of nitrogens with zero attached hydrogens (tertiary/aromatic N) is 1. The van der Waals surface area contributed by atoms with Crippen molar-refractivity contribution in [1.29, 1.82) is 0 Å². The third-order valence-electron chi connectivity index (χ3n) is 1.67. The first-order valence-corrected chi connectivity index (χ1v) is 3.75. The van der Waals surface area contributed by atoms with Crippen molar-refractivity contribution in [3.05, 3.63) is 35.4 Å². The largest absolute Gasteiger partial charge is 0.298 e. The van der Waals surface area contributed by atoms with E-state index < -0.39 is 0 Å². The van der Waals surface area contributed by atoms with Crippen molar-refractivity contribution < 1.29 is 10.0 Å². The predicted molar refractivity (Wildman–Crippen MR) is 49.2 cm³/mol. The average molecular weight is 178 g/mol. The molecule has 4 nitrogen and oxygen atoms in total. The van der Waals surface area contributed by atoms with E-state index in [-0.39, 0.29) is 5.84 Å². The Bertz CT molecular complexity index is 334. The van der Waals surface area contributed by atoms with Gasteiger partial charge < -0.3 is 0 Å². The van der Waals surface area contributed by atoms with Gasteiger partial charge in [0.1, 0.15) is 0 Å². The van der Waals surface area contributed by atoms with Gasteiger partial charge in [-0.05, 0) is 0 Å². The molecule has 4 heteroatoms. The molecule has 0 radical (unpaired) electrons. The molecule has 0 unspecified atom stereocenters. The first kappa shape index (κ1) is 9.41. The van der Waals surface area contributed by atoms with Crippen molar-refractivity contribution in [2.24, 2.45) is 4.99 Å². The maximum absolute atomic E-state index is 10.6. The molecule has 0 aliphatic rings. The Labute approximate surface area is 75.9 Å². The maximum atomic E-state index is 10.6. The second kappa shape index (κ2) is 4.37. The number of carbonyl (C=O) groups is 1. The molecule has 0 fully saturated rings. The number of aliphatic imine (C=N–C) groups is 1. The van der Waals surface area contributed by atoms with Crippen molar-refractivity contribution in [3.63, 3.8) is 0 Å². The minimum absolute atomic E-state index is 0.280. The molecule has 68 valence electrons. The molecule has 2 N–H and O–H groups in total. The second-order valence-electron chi connectivity index (χ2n) is 2.39. The van der Waals surface area contributed by atoms with Gasteiger partial charge in [0.2, 0.25) is 0 Å². The van der Waals surface area contributed by atoms with Gasteiger partial charge >= 0.3 is 0 Å². The summed E-state index contributed by atoms with van der Waals surface area (Å²) >= 11 is 0. The fourth-order valence-corrected chi connectivity index (χ4v) is 1.05. The lowest BCUT2D eigenvalue weighted by atomic mass is 10.1. The van der Waals surface area contributed by atoms with Gasteiger partial charge in [-0.2, -0.15) is 0 Å². The molecular formula is C9H10N2O2. The Morgan fingerprint density at radius 2 is 2.23 bits per heavy atom. The van der Waals surface area contributed by atoms with Crippen LogP contribution in [-0.4, -0.2) is 24.4 Å². The average Bonchev–Trinajstić information content (AvgIpc) is 2.20. The Hall–Kier alpha value is -1.68. The van der Waals surface area contributed by atoms with E-state index in [1.54, 1.807) is 24.3 Å². The minimum Gasteiger partial charge on any atom is -0.298 e. The molecule has 1 aromatic rings. The van der Waals surface area contributed by atoms with E-state index in [1.165, 1.54) is 7.05 Å². The topological polar surface area (TPSA) is 61.7 Å². The molecule has 0 saturated carbocycles. The summed E-state index contributed by atoms with van der Waals surface area (Å²) in [5, 5.41) is 8.70. The van der Waals surface area contributed by atoms with Gasteiger partial charge in [0.05, 0.1) is 0 Å². The summed E-state index contributed by atoms with van der Waals surface area (Å²) < 4.78 is 0. The first-order chi connectivity index (χ1) is 6.33. The van der Waals surface area contributed by atoms with Crippen LogP contribution in [0.15, 0.2) is 29.3 Å². The van der Waals surface area contributed by atoms with Crippen LogP contribution in [0.4, 0.5) is 0 Å². The number of hydrogen-bond acceptors (Lipinski definition) is 3. The smallest absolute Gasteiger partial charge is 0.152 e. The van der Waals surface area contributed by atoms with Crippen molar-refractivity contribution in [2.75, 3.05) is 7.05 Å². The molecular weight excluding hydrogens is 168 g/mol. The van der Waals surface area contributed by atoms with Crippen molar-refractivity contribution in [2.45, 2.75) is 0 Å². The van der Waals surface area contributed by atoms with Crippen molar-refractivity contribution >= 4 is 12.1 Å². The minimum atomic E-state index is 0.280. The highest BCUT2D eigenvalue weighted by atomic mass is 16.5. The molecule has 1 aromatic carbocycles. The molecule has 0 bridgehead atoms. The van der Waals surface area contributed by atoms with Crippen LogP contribution in [-0.2, 0) is 0 Å². The molecule has 0 atom stereocenters. The number of carbonyl (C=O) groups excluding carboxylic acids is 1. The highest BCUT2D eigenvalue weighted by Gasteiger charge is 2.05. The summed E-state index contributed by atoms with van der Waals surface area (Å²) in [6.07, 6.45) is 0.720. The van der Waals surface area contributed by atoms with Crippen LogP contribution >= 0.6 is 0 Å². The summed E-state index contributed by atoms with van der Waals surface area (Å²) in [6.45, 7) is 0. The van der Waals surface area contributed by atoms with E-state index in [2.05, 4.69) is 4.99 Å². The molecule has 0 aliphatic carbocycles. The summed E-state index contributed by atoms with van der Waals surface area (Å²) in [7, 11) is 1.53. The van der Waals surface area contributed by atoms with Crippen LogP contribution in [0.5, 0.6) is 0 Å². The van der Waals surface area contributed by atoms with E-state index in [9.17, 15) is 4.79 Å². The predicted octanol–water partition coefficient (Wildman–Crippen LogP) is 0.854. The van der Waals surface area contributed by atoms with E-state index in [0.29, 0.717) is 11.1 Å². The Morgan fingerprint density at radius 3 is 2.77 bits per heavy atom. The van der Waals surface area contributed by atoms with Gasteiger partial charge in [-0.1, -0.05) is 24.3 Å². The summed E-state index contributed by atoms with van der Waals surface area (Å²) in [5.74, 6) is 0.280. The van der Waals surface area contributed by atoms with Gasteiger partial charge in [-0.25, -0.2) is 0 Å². The van der Waals surface area contributed by atoms with Crippen LogP contribution in [0.1, 0.15) is 15.9 Å². The van der Waals surface area contributed by atoms with E-state index in [4.69, 9.17) is 5.21 Å². The van der Waals surface area contributed by atoms with Gasteiger partial charge in [-0.3, -0.25) is 20.5 Å². The zero-order valence-electron chi connectivity index (χ0n) is 7.19. The van der Waals surface area contributed by atoms with Crippen LogP contribution in [0.2, 0.25) is 0 Å². The highest BCUT2D eigenvalue weighted by Crippen LogP contribution is 2.05. The normalized spacial score (nSPS) is 11.1. The Kier molecular flexibility index (Phi) is 3.16. The number of aldehydes is 1. The van der Waals surface area contributed by atoms with Gasteiger partial charge in [0.25, 0.3) is 0 Å². The molecule has 1 rings (SSSR count). The molecule has 0 heterocycles. The lowest BCUT2D eigenvalue weighted by molar-refractivity contribution is 0.112. The van der Waals surface area contributed by atoms with Crippen LogP contribution in [0.25, 0.3) is 0 Å². The fourth-order valence-electron chi connectivity index (χ4n) is 1.05. The number of benzene rings is 1. The zero-order valence-corrected chi connectivity index (χ0v) is 7.19. The SMILES string of the molecule is CN=C(NO)c1ccccc1C=O. The van der Waals surface area contributed by atoms with Gasteiger partial charge in [0, 0.05) is 18.2 Å². The van der Waals surface area contributed by atoms with Crippen LogP contribution in [0, 0.1) is 0 Å². The summed E-state index contributed by atoms with van der Waals surface area (Å²) in [5.41, 5.74) is 3.01. The maximum Gasteiger partial charge on any atom is 0.152 e. The van der Waals surface area contributed by atoms with Crippen LogP contribution in [0.3, 0.4) is 0 Å². The van der Waals surface area contributed by atoms with E-state index >= 15 is 0 Å². The lowest BCUT2D eigenvalue weighted by Crippen LogP contribution is -2.21. The first-order valence-electron chi connectivity index (χ1n) is 3.75. The molecule has 0 aliphatic heterocycles. The number of nitrogens with one attached hydrogen (secondary N) is 1. The van der Waals surface area contributed by atoms with Crippen molar-refractivity contribution in [3.8, 4) is 0 Å². The number of hydroxylamine groups is 1. The molecule has 0 amide bonds. The highest BCUT2D eigenvalue weighted by molar-refractivity contribution is 6.04. The third-order valence-corrected chi connectivity index (χ3v) is 1.67. The molecule has 0 saturated heterocycles. The fraction of sp³-hybridized carbons (Fsp3) is 0.111. The third kappa shape index (κ3) is 1.91. The van der Waals surface area contributed by atoms with Gasteiger partial charge in [-0.15, -0.1) is 0 Å². The molecule has 13 heavy (non-hydrogen) atoms. The zero-order chi connectivity index (χ0) is 9.68. The van der Waals surface area contributed by atoms with E-state index in [1.807, 2.05) is 5.48 Å². The quantitative estimate of drug-likeness (QED) is 0.305. The van der Waals surface area contributed by atoms with Gasteiger partial charge in [0.15, 0.2) is 12.1 Å². The van der Waals surface area contributed by atoms with Crippen molar-refractivity contribution in [1.82, 2.24) is 5.48 Å². The Balaban J connectivity index is 3.19. The standard InChI is InChI=1S/C9H10N2O2/c1-10-9(11-13)8-5-3-2-4-7(8)6-12/h2-6,13H,1H3,(H,10,11). The number of amidine groups is 1. The summed E-state index contributed by atoms with van der Waals surface area (Å²) in [6, 6.07) is 6.88. The van der Waals surface area contributed by atoms with E-state index in [0.717, 1.165) is 6.29 Å². The lowest BCUT2D eigenvalue weighted by Gasteiger charge is -2.05. The monoisotopic (exact) mass is 178 g/mol. The second-order valence-corrected chi connectivity index (χ2v) is 2.39. The number of hydrogen-bond donors (Lipinski definition) is 2. The molecule has 0 spiro atoms. The number of rotatable bonds is 2. The summed E-state index contributed by atoms with van der Waals surface area (Å²) in [4.78, 5) is 14.4. The molecule has 0 aromatic heterocycles.